The van der Waals surface area contributed by atoms with Crippen molar-refractivity contribution in [2.45, 2.75) is 11.8 Å². The Kier molecular flexibility index (Phi) is 4.44. The molecular formula is C15H14ClNO4S. The van der Waals surface area contributed by atoms with E-state index in [1.807, 2.05) is 0 Å². The van der Waals surface area contributed by atoms with E-state index in [0.29, 0.717) is 10.6 Å². The van der Waals surface area contributed by atoms with Gasteiger partial charge in [-0.3, -0.25) is 4.31 Å². The number of rotatable bonds is 4. The van der Waals surface area contributed by atoms with Crippen LogP contribution in [-0.4, -0.2) is 26.5 Å². The van der Waals surface area contributed by atoms with Gasteiger partial charge in [-0.15, -0.1) is 0 Å². The first kappa shape index (κ1) is 16.3. The number of aromatic carboxylic acids is 1. The van der Waals surface area contributed by atoms with Crippen molar-refractivity contribution in [2.24, 2.45) is 0 Å². The Morgan fingerprint density at radius 3 is 2.41 bits per heavy atom. The van der Waals surface area contributed by atoms with Crippen molar-refractivity contribution < 1.29 is 18.3 Å². The van der Waals surface area contributed by atoms with E-state index in [9.17, 15) is 18.3 Å². The number of hydrogen-bond acceptors (Lipinski definition) is 3. The number of para-hydroxylation sites is 1. The van der Waals surface area contributed by atoms with E-state index in [1.54, 1.807) is 25.1 Å². The zero-order valence-electron chi connectivity index (χ0n) is 11.9. The molecule has 0 aliphatic heterocycles. The van der Waals surface area contributed by atoms with Crippen LogP contribution in [0.2, 0.25) is 5.02 Å². The van der Waals surface area contributed by atoms with Gasteiger partial charge in [-0.2, -0.15) is 0 Å². The van der Waals surface area contributed by atoms with E-state index in [4.69, 9.17) is 11.6 Å². The first-order valence-corrected chi connectivity index (χ1v) is 8.14. The smallest absolute Gasteiger partial charge is 0.337 e. The van der Waals surface area contributed by atoms with Crippen LogP contribution in [0.25, 0.3) is 0 Å². The van der Waals surface area contributed by atoms with Crippen LogP contribution in [0.15, 0.2) is 47.4 Å². The molecule has 0 amide bonds. The summed E-state index contributed by atoms with van der Waals surface area (Å²) in [6.07, 6.45) is 0. The molecule has 2 aromatic rings. The van der Waals surface area contributed by atoms with Gasteiger partial charge in [-0.25, -0.2) is 13.2 Å². The minimum atomic E-state index is -3.88. The number of aryl methyl sites for hydroxylation is 1. The summed E-state index contributed by atoms with van der Waals surface area (Å²) in [6, 6.07) is 10.4. The molecular weight excluding hydrogens is 326 g/mol. The molecule has 5 nitrogen and oxygen atoms in total. The van der Waals surface area contributed by atoms with Crippen molar-refractivity contribution in [1.82, 2.24) is 0 Å². The van der Waals surface area contributed by atoms with Crippen LogP contribution in [0.5, 0.6) is 0 Å². The summed E-state index contributed by atoms with van der Waals surface area (Å²) < 4.78 is 26.4. The maximum atomic E-state index is 12.7. The van der Waals surface area contributed by atoms with E-state index < -0.39 is 16.0 Å². The summed E-state index contributed by atoms with van der Waals surface area (Å²) in [5.74, 6) is -1.19. The largest absolute Gasteiger partial charge is 0.478 e. The number of hydrogen-bond donors (Lipinski definition) is 1. The zero-order chi connectivity index (χ0) is 16.5. The van der Waals surface area contributed by atoms with Gasteiger partial charge in [0.25, 0.3) is 10.0 Å². The Labute approximate surface area is 133 Å². The number of halogens is 1. The molecule has 0 heterocycles. The van der Waals surface area contributed by atoms with Crippen molar-refractivity contribution in [3.05, 3.63) is 58.6 Å². The number of carboxylic acids is 1. The molecule has 0 fully saturated rings. The lowest BCUT2D eigenvalue weighted by molar-refractivity contribution is 0.0698. The number of carboxylic acid groups (broad SMARTS) is 1. The lowest BCUT2D eigenvalue weighted by Crippen LogP contribution is -2.28. The summed E-state index contributed by atoms with van der Waals surface area (Å²) >= 11 is 5.84. The highest BCUT2D eigenvalue weighted by atomic mass is 35.5. The third-order valence-corrected chi connectivity index (χ3v) is 5.42. The molecule has 2 rings (SSSR count). The van der Waals surface area contributed by atoms with Gasteiger partial charge in [-0.05, 0) is 42.8 Å². The first-order chi connectivity index (χ1) is 10.2. The number of anilines is 1. The topological polar surface area (TPSA) is 74.7 Å². The molecule has 0 bridgehead atoms. The number of nitrogens with zero attached hydrogens (tertiary/aromatic N) is 1. The fraction of sp³-hybridized carbons (Fsp3) is 0.133. The molecule has 2 aromatic carbocycles. The Balaban J connectivity index is 2.57. The Morgan fingerprint density at radius 2 is 1.82 bits per heavy atom. The maximum absolute atomic E-state index is 12.7. The van der Waals surface area contributed by atoms with Crippen LogP contribution in [0.3, 0.4) is 0 Å². The van der Waals surface area contributed by atoms with Crippen molar-refractivity contribution in [2.75, 3.05) is 11.4 Å². The minimum absolute atomic E-state index is 0.0830. The standard InChI is InChI=1S/C15H14ClNO4S/c1-10-9-11(16)7-8-14(10)22(20,21)17(2)13-6-4-3-5-12(13)15(18)19/h3-9H,1-2H3,(H,18,19). The summed E-state index contributed by atoms with van der Waals surface area (Å²) in [4.78, 5) is 11.3. The van der Waals surface area contributed by atoms with E-state index in [1.165, 1.54) is 31.3 Å². The van der Waals surface area contributed by atoms with Crippen LogP contribution in [0.4, 0.5) is 5.69 Å². The number of benzene rings is 2. The molecule has 0 saturated carbocycles. The highest BCUT2D eigenvalue weighted by Gasteiger charge is 2.26. The van der Waals surface area contributed by atoms with Crippen molar-refractivity contribution in [3.63, 3.8) is 0 Å². The number of sulfonamides is 1. The predicted octanol–water partition coefficient (Wildman–Crippen LogP) is 3.17. The molecule has 116 valence electrons. The molecule has 0 spiro atoms. The molecule has 0 saturated heterocycles. The summed E-state index contributed by atoms with van der Waals surface area (Å²) in [5, 5.41) is 9.64. The third-order valence-electron chi connectivity index (χ3n) is 3.25. The second-order valence-corrected chi connectivity index (χ2v) is 7.08. The van der Waals surface area contributed by atoms with E-state index in [2.05, 4.69) is 0 Å². The Hall–Kier alpha value is -2.05. The van der Waals surface area contributed by atoms with Gasteiger partial charge in [0.05, 0.1) is 16.1 Å². The van der Waals surface area contributed by atoms with Crippen LogP contribution in [-0.2, 0) is 10.0 Å². The van der Waals surface area contributed by atoms with E-state index in [0.717, 1.165) is 4.31 Å². The zero-order valence-corrected chi connectivity index (χ0v) is 13.5. The summed E-state index contributed by atoms with van der Waals surface area (Å²) in [6.45, 7) is 1.63. The van der Waals surface area contributed by atoms with Crippen LogP contribution >= 0.6 is 11.6 Å². The number of carbonyl (C=O) groups is 1. The molecule has 0 atom stereocenters. The maximum Gasteiger partial charge on any atom is 0.337 e. The van der Waals surface area contributed by atoms with Crippen LogP contribution in [0.1, 0.15) is 15.9 Å². The van der Waals surface area contributed by atoms with E-state index >= 15 is 0 Å². The quantitative estimate of drug-likeness (QED) is 0.928. The lowest BCUT2D eigenvalue weighted by atomic mass is 10.2. The van der Waals surface area contributed by atoms with Gasteiger partial charge >= 0.3 is 5.97 Å². The third kappa shape index (κ3) is 2.93. The fourth-order valence-electron chi connectivity index (χ4n) is 2.11. The summed E-state index contributed by atoms with van der Waals surface area (Å²) in [7, 11) is -2.56. The van der Waals surface area contributed by atoms with Crippen LogP contribution < -0.4 is 4.31 Å². The van der Waals surface area contributed by atoms with Gasteiger partial charge in [0.1, 0.15) is 0 Å². The molecule has 0 radical (unpaired) electrons. The second kappa shape index (κ2) is 5.98. The average molecular weight is 340 g/mol. The monoisotopic (exact) mass is 339 g/mol. The second-order valence-electron chi connectivity index (χ2n) is 4.70. The lowest BCUT2D eigenvalue weighted by Gasteiger charge is -2.22. The van der Waals surface area contributed by atoms with Gasteiger partial charge in [0, 0.05) is 12.1 Å². The van der Waals surface area contributed by atoms with Crippen molar-refractivity contribution in [3.8, 4) is 0 Å². The highest BCUT2D eigenvalue weighted by Crippen LogP contribution is 2.28. The first-order valence-electron chi connectivity index (χ1n) is 6.32. The predicted molar refractivity (Wildman–Crippen MR) is 85.2 cm³/mol. The Morgan fingerprint density at radius 1 is 1.18 bits per heavy atom. The van der Waals surface area contributed by atoms with Crippen molar-refractivity contribution >= 4 is 33.3 Å². The van der Waals surface area contributed by atoms with Crippen LogP contribution in [0, 0.1) is 6.92 Å². The molecule has 0 unspecified atom stereocenters. The fourth-order valence-corrected chi connectivity index (χ4v) is 3.75. The van der Waals surface area contributed by atoms with E-state index in [-0.39, 0.29) is 16.1 Å². The molecule has 22 heavy (non-hydrogen) atoms. The molecule has 7 heteroatoms. The van der Waals surface area contributed by atoms with Gasteiger partial charge in [0.2, 0.25) is 0 Å². The van der Waals surface area contributed by atoms with Gasteiger partial charge in [-0.1, -0.05) is 23.7 Å². The minimum Gasteiger partial charge on any atom is -0.478 e. The SMILES string of the molecule is Cc1cc(Cl)ccc1S(=O)(=O)N(C)c1ccccc1C(=O)O. The van der Waals surface area contributed by atoms with Gasteiger partial charge in [0.15, 0.2) is 0 Å². The summed E-state index contributed by atoms with van der Waals surface area (Å²) in [5.41, 5.74) is 0.511. The van der Waals surface area contributed by atoms with Crippen molar-refractivity contribution in [1.29, 1.82) is 0 Å². The highest BCUT2D eigenvalue weighted by molar-refractivity contribution is 7.92. The molecule has 1 N–H and O–H groups in total. The molecule has 0 aromatic heterocycles. The Bertz CT molecular complexity index is 833. The average Bonchev–Trinajstić information content (AvgIpc) is 2.45. The molecule has 0 aliphatic rings. The molecule has 0 aliphatic carbocycles. The van der Waals surface area contributed by atoms with Gasteiger partial charge < -0.3 is 5.11 Å². The normalized spacial score (nSPS) is 11.2.